The summed E-state index contributed by atoms with van der Waals surface area (Å²) in [6, 6.07) is 9.27. The Morgan fingerprint density at radius 2 is 2.10 bits per heavy atom. The molecule has 0 bridgehead atoms. The van der Waals surface area contributed by atoms with E-state index in [-0.39, 0.29) is 0 Å². The van der Waals surface area contributed by atoms with Crippen molar-refractivity contribution in [2.24, 2.45) is 0 Å². The molecule has 1 aromatic carbocycles. The first-order valence-electron chi connectivity index (χ1n) is 7.36. The smallest absolute Gasteiger partial charge is 0.0890 e. The molecule has 3 rings (SSSR count). The monoisotopic (exact) mass is 270 g/mol. The van der Waals surface area contributed by atoms with Crippen LogP contribution < -0.4 is 5.32 Å². The highest BCUT2D eigenvalue weighted by molar-refractivity contribution is 5.73. The van der Waals surface area contributed by atoms with Crippen LogP contribution in [0.15, 0.2) is 30.5 Å². The third-order valence-corrected chi connectivity index (χ3v) is 4.28. The SMILES string of the molecule is CC1CC(NCc2cnc3ccccc3n2)CCN1C. The maximum atomic E-state index is 4.66. The van der Waals surface area contributed by atoms with Gasteiger partial charge in [0.25, 0.3) is 0 Å². The van der Waals surface area contributed by atoms with Gasteiger partial charge >= 0.3 is 0 Å². The van der Waals surface area contributed by atoms with Crippen molar-refractivity contribution >= 4 is 11.0 Å². The highest BCUT2D eigenvalue weighted by Gasteiger charge is 2.22. The van der Waals surface area contributed by atoms with E-state index in [0.29, 0.717) is 12.1 Å². The standard InChI is InChI=1S/C16H22N4/c1-12-9-13(7-8-20(12)2)17-10-14-11-18-15-5-3-4-6-16(15)19-14/h3-6,11-13,17H,7-10H2,1-2H3. The molecule has 0 radical (unpaired) electrons. The van der Waals surface area contributed by atoms with E-state index >= 15 is 0 Å². The highest BCUT2D eigenvalue weighted by atomic mass is 15.1. The van der Waals surface area contributed by atoms with Gasteiger partial charge in [0.2, 0.25) is 0 Å². The minimum atomic E-state index is 0.592. The molecule has 1 aliphatic rings. The van der Waals surface area contributed by atoms with Crippen molar-refractivity contribution in [1.29, 1.82) is 0 Å². The molecule has 1 N–H and O–H groups in total. The van der Waals surface area contributed by atoms with Gasteiger partial charge in [-0.25, -0.2) is 4.98 Å². The average molecular weight is 270 g/mol. The van der Waals surface area contributed by atoms with Gasteiger partial charge in [-0.05, 0) is 45.5 Å². The fourth-order valence-corrected chi connectivity index (χ4v) is 2.80. The third kappa shape index (κ3) is 2.97. The molecule has 2 heterocycles. The number of piperidine rings is 1. The van der Waals surface area contributed by atoms with E-state index in [1.165, 1.54) is 19.4 Å². The second-order valence-corrected chi connectivity index (χ2v) is 5.78. The summed E-state index contributed by atoms with van der Waals surface area (Å²) < 4.78 is 0. The summed E-state index contributed by atoms with van der Waals surface area (Å²) >= 11 is 0. The van der Waals surface area contributed by atoms with Gasteiger partial charge in [-0.1, -0.05) is 12.1 Å². The lowest BCUT2D eigenvalue weighted by molar-refractivity contribution is 0.168. The van der Waals surface area contributed by atoms with Gasteiger partial charge in [-0.15, -0.1) is 0 Å². The maximum Gasteiger partial charge on any atom is 0.0890 e. The second-order valence-electron chi connectivity index (χ2n) is 5.78. The summed E-state index contributed by atoms with van der Waals surface area (Å²) in [4.78, 5) is 11.5. The van der Waals surface area contributed by atoms with Crippen molar-refractivity contribution < 1.29 is 0 Å². The van der Waals surface area contributed by atoms with Gasteiger partial charge in [0.15, 0.2) is 0 Å². The summed E-state index contributed by atoms with van der Waals surface area (Å²) in [6.07, 6.45) is 4.30. The minimum Gasteiger partial charge on any atom is -0.308 e. The molecule has 1 aromatic heterocycles. The number of nitrogens with one attached hydrogen (secondary N) is 1. The topological polar surface area (TPSA) is 41.1 Å². The summed E-state index contributed by atoms with van der Waals surface area (Å²) in [5.74, 6) is 0. The van der Waals surface area contributed by atoms with E-state index in [9.17, 15) is 0 Å². The number of fused-ring (bicyclic) bond motifs is 1. The fourth-order valence-electron chi connectivity index (χ4n) is 2.80. The van der Waals surface area contributed by atoms with Crippen LogP contribution in [0.5, 0.6) is 0 Å². The number of nitrogens with zero attached hydrogens (tertiary/aromatic N) is 3. The van der Waals surface area contributed by atoms with E-state index in [4.69, 9.17) is 0 Å². The molecule has 2 unspecified atom stereocenters. The van der Waals surface area contributed by atoms with Gasteiger partial charge in [0.05, 0.1) is 22.9 Å². The number of rotatable bonds is 3. The minimum absolute atomic E-state index is 0.592. The second kappa shape index (κ2) is 5.85. The zero-order chi connectivity index (χ0) is 13.9. The average Bonchev–Trinajstić information content (AvgIpc) is 2.48. The predicted molar refractivity (Wildman–Crippen MR) is 81.5 cm³/mol. The van der Waals surface area contributed by atoms with Crippen LogP contribution in [-0.2, 0) is 6.54 Å². The molecule has 0 aliphatic carbocycles. The van der Waals surface area contributed by atoms with Gasteiger partial charge in [0, 0.05) is 18.6 Å². The molecule has 0 spiro atoms. The lowest BCUT2D eigenvalue weighted by atomic mass is 9.99. The first-order valence-corrected chi connectivity index (χ1v) is 7.36. The van der Waals surface area contributed by atoms with Crippen molar-refractivity contribution in [1.82, 2.24) is 20.2 Å². The van der Waals surface area contributed by atoms with E-state index < -0.39 is 0 Å². The van der Waals surface area contributed by atoms with E-state index in [0.717, 1.165) is 23.3 Å². The summed E-state index contributed by atoms with van der Waals surface area (Å²) in [6.45, 7) is 4.27. The van der Waals surface area contributed by atoms with Crippen LogP contribution in [0, 0.1) is 0 Å². The Hall–Kier alpha value is -1.52. The summed E-state index contributed by atoms with van der Waals surface area (Å²) in [5.41, 5.74) is 2.96. The van der Waals surface area contributed by atoms with Gasteiger partial charge in [-0.2, -0.15) is 0 Å². The predicted octanol–water partition coefficient (Wildman–Crippen LogP) is 2.20. The molecule has 1 fully saturated rings. The van der Waals surface area contributed by atoms with Crippen molar-refractivity contribution in [3.05, 3.63) is 36.2 Å². The Morgan fingerprint density at radius 1 is 1.30 bits per heavy atom. The summed E-state index contributed by atoms with van der Waals surface area (Å²) in [7, 11) is 2.20. The molecular formula is C16H22N4. The number of hydrogen-bond donors (Lipinski definition) is 1. The largest absolute Gasteiger partial charge is 0.308 e. The molecule has 1 saturated heterocycles. The molecule has 4 nitrogen and oxygen atoms in total. The van der Waals surface area contributed by atoms with E-state index in [1.54, 1.807) is 0 Å². The van der Waals surface area contributed by atoms with Crippen LogP contribution in [0.25, 0.3) is 11.0 Å². The fraction of sp³-hybridized carbons (Fsp3) is 0.500. The van der Waals surface area contributed by atoms with Crippen LogP contribution in [0.2, 0.25) is 0 Å². The molecule has 4 heteroatoms. The maximum absolute atomic E-state index is 4.66. The zero-order valence-corrected chi connectivity index (χ0v) is 12.2. The van der Waals surface area contributed by atoms with E-state index in [1.807, 2.05) is 30.5 Å². The van der Waals surface area contributed by atoms with Crippen LogP contribution in [0.3, 0.4) is 0 Å². The number of hydrogen-bond acceptors (Lipinski definition) is 4. The van der Waals surface area contributed by atoms with Crippen molar-refractivity contribution in [2.45, 2.75) is 38.4 Å². The Morgan fingerprint density at radius 3 is 2.90 bits per heavy atom. The zero-order valence-electron chi connectivity index (χ0n) is 12.2. The van der Waals surface area contributed by atoms with Crippen LogP contribution in [0.1, 0.15) is 25.5 Å². The Labute approximate surface area is 120 Å². The lowest BCUT2D eigenvalue weighted by Gasteiger charge is -2.35. The first-order chi connectivity index (χ1) is 9.72. The van der Waals surface area contributed by atoms with Crippen LogP contribution in [-0.4, -0.2) is 40.5 Å². The Balaban J connectivity index is 1.62. The molecular weight excluding hydrogens is 248 g/mol. The summed E-state index contributed by atoms with van der Waals surface area (Å²) in [5, 5.41) is 3.62. The molecule has 2 atom stereocenters. The number of likely N-dealkylation sites (tertiary alicyclic amines) is 1. The van der Waals surface area contributed by atoms with Gasteiger partial charge in [0.1, 0.15) is 0 Å². The van der Waals surface area contributed by atoms with Crippen LogP contribution in [0.4, 0.5) is 0 Å². The van der Waals surface area contributed by atoms with Gasteiger partial charge < -0.3 is 10.2 Å². The van der Waals surface area contributed by atoms with Crippen LogP contribution >= 0.6 is 0 Å². The highest BCUT2D eigenvalue weighted by Crippen LogP contribution is 2.16. The van der Waals surface area contributed by atoms with E-state index in [2.05, 4.69) is 34.2 Å². The Kier molecular flexibility index (Phi) is 3.94. The number of para-hydroxylation sites is 2. The van der Waals surface area contributed by atoms with Crippen molar-refractivity contribution in [2.75, 3.05) is 13.6 Å². The van der Waals surface area contributed by atoms with Crippen molar-refractivity contribution in [3.8, 4) is 0 Å². The molecule has 2 aromatic rings. The number of benzene rings is 1. The molecule has 0 amide bonds. The Bertz CT molecular complexity index is 583. The third-order valence-electron chi connectivity index (χ3n) is 4.28. The molecule has 106 valence electrons. The lowest BCUT2D eigenvalue weighted by Crippen LogP contribution is -2.45. The molecule has 1 aliphatic heterocycles. The quantitative estimate of drug-likeness (QED) is 0.928. The molecule has 0 saturated carbocycles. The normalized spacial score (nSPS) is 24.1. The van der Waals surface area contributed by atoms with Crippen molar-refractivity contribution in [3.63, 3.8) is 0 Å². The number of aromatic nitrogens is 2. The molecule has 20 heavy (non-hydrogen) atoms. The first kappa shape index (κ1) is 13.5. The van der Waals surface area contributed by atoms with Gasteiger partial charge in [-0.3, -0.25) is 4.98 Å².